The number of methoxy groups -OCH3 is 1. The van der Waals surface area contributed by atoms with E-state index in [0.717, 1.165) is 5.56 Å². The van der Waals surface area contributed by atoms with Gasteiger partial charge in [0.05, 0.1) is 18.1 Å². The summed E-state index contributed by atoms with van der Waals surface area (Å²) >= 11 is 0. The van der Waals surface area contributed by atoms with E-state index in [-0.39, 0.29) is 30.1 Å². The van der Waals surface area contributed by atoms with Crippen molar-refractivity contribution >= 4 is 15.7 Å². The number of sulfone groups is 1. The van der Waals surface area contributed by atoms with Crippen LogP contribution >= 0.6 is 0 Å². The normalized spacial score (nSPS) is 19.5. The van der Waals surface area contributed by atoms with Crippen molar-refractivity contribution < 1.29 is 22.7 Å². The number of benzene rings is 1. The summed E-state index contributed by atoms with van der Waals surface area (Å²) in [5.41, 5.74) is 1.05. The Morgan fingerprint density at radius 1 is 1.39 bits per heavy atom. The van der Waals surface area contributed by atoms with Gasteiger partial charge in [-0.05, 0) is 31.0 Å². The van der Waals surface area contributed by atoms with Gasteiger partial charge in [-0.2, -0.15) is 0 Å². The SMILES string of the molecule is COCCN(C(=O)COc1cccc(C)c1)C1CCS(=O)(=O)C1. The lowest BCUT2D eigenvalue weighted by Crippen LogP contribution is -2.45. The Balaban J connectivity index is 1.99. The molecule has 1 amide bonds. The highest BCUT2D eigenvalue weighted by Crippen LogP contribution is 2.18. The molecule has 1 saturated heterocycles. The molecule has 1 atom stereocenters. The Morgan fingerprint density at radius 3 is 2.78 bits per heavy atom. The molecule has 1 heterocycles. The number of rotatable bonds is 7. The lowest BCUT2D eigenvalue weighted by molar-refractivity contribution is -0.136. The summed E-state index contributed by atoms with van der Waals surface area (Å²) in [6.07, 6.45) is 0.474. The summed E-state index contributed by atoms with van der Waals surface area (Å²) < 4.78 is 33.9. The van der Waals surface area contributed by atoms with Gasteiger partial charge in [0.25, 0.3) is 5.91 Å². The molecule has 1 unspecified atom stereocenters. The minimum absolute atomic E-state index is 0.0207. The average Bonchev–Trinajstić information content (AvgIpc) is 2.85. The summed E-state index contributed by atoms with van der Waals surface area (Å²) in [6.45, 7) is 2.58. The van der Waals surface area contributed by atoms with E-state index in [1.807, 2.05) is 25.1 Å². The van der Waals surface area contributed by atoms with Crippen LogP contribution < -0.4 is 4.74 Å². The predicted molar refractivity (Wildman–Crippen MR) is 87.3 cm³/mol. The zero-order chi connectivity index (χ0) is 16.9. The van der Waals surface area contributed by atoms with E-state index in [0.29, 0.717) is 25.3 Å². The van der Waals surface area contributed by atoms with Crippen LogP contribution in [0.15, 0.2) is 24.3 Å². The van der Waals surface area contributed by atoms with Crippen molar-refractivity contribution in [1.29, 1.82) is 0 Å². The molecule has 0 spiro atoms. The third-order valence-corrected chi connectivity index (χ3v) is 5.61. The molecule has 0 N–H and O–H groups in total. The highest BCUT2D eigenvalue weighted by Gasteiger charge is 2.34. The van der Waals surface area contributed by atoms with Gasteiger partial charge >= 0.3 is 0 Å². The first kappa shape index (κ1) is 17.7. The zero-order valence-electron chi connectivity index (χ0n) is 13.5. The van der Waals surface area contributed by atoms with Gasteiger partial charge in [0.15, 0.2) is 16.4 Å². The van der Waals surface area contributed by atoms with Crippen molar-refractivity contribution in [3.63, 3.8) is 0 Å². The quantitative estimate of drug-likeness (QED) is 0.741. The van der Waals surface area contributed by atoms with Crippen LogP contribution in [0.25, 0.3) is 0 Å². The maximum Gasteiger partial charge on any atom is 0.260 e. The fourth-order valence-corrected chi connectivity index (χ4v) is 4.39. The Bertz CT molecular complexity index is 644. The van der Waals surface area contributed by atoms with Crippen LogP contribution in [0.5, 0.6) is 5.75 Å². The van der Waals surface area contributed by atoms with E-state index in [1.165, 1.54) is 0 Å². The third-order valence-electron chi connectivity index (χ3n) is 3.86. The second kappa shape index (κ2) is 7.79. The molecule has 6 nitrogen and oxygen atoms in total. The molecular formula is C16H23NO5S. The number of nitrogens with zero attached hydrogens (tertiary/aromatic N) is 1. The number of ether oxygens (including phenoxy) is 2. The Morgan fingerprint density at radius 2 is 2.17 bits per heavy atom. The summed E-state index contributed by atoms with van der Waals surface area (Å²) in [7, 11) is -1.49. The van der Waals surface area contributed by atoms with E-state index in [1.54, 1.807) is 18.1 Å². The molecule has 23 heavy (non-hydrogen) atoms. The zero-order valence-corrected chi connectivity index (χ0v) is 14.3. The number of hydrogen-bond acceptors (Lipinski definition) is 5. The number of aryl methyl sites for hydroxylation is 1. The molecule has 1 aliphatic rings. The molecule has 1 aromatic rings. The van der Waals surface area contributed by atoms with Crippen molar-refractivity contribution in [2.24, 2.45) is 0 Å². The monoisotopic (exact) mass is 341 g/mol. The Hall–Kier alpha value is -1.60. The van der Waals surface area contributed by atoms with Crippen molar-refractivity contribution in [2.75, 3.05) is 38.4 Å². The van der Waals surface area contributed by atoms with Gasteiger partial charge in [-0.3, -0.25) is 4.79 Å². The molecule has 0 saturated carbocycles. The topological polar surface area (TPSA) is 72.9 Å². The van der Waals surface area contributed by atoms with Crippen molar-refractivity contribution in [3.05, 3.63) is 29.8 Å². The summed E-state index contributed by atoms with van der Waals surface area (Å²) in [5, 5.41) is 0. The minimum atomic E-state index is -3.05. The number of carbonyl (C=O) groups excluding carboxylic acids is 1. The van der Waals surface area contributed by atoms with Crippen molar-refractivity contribution in [2.45, 2.75) is 19.4 Å². The largest absolute Gasteiger partial charge is 0.484 e. The van der Waals surface area contributed by atoms with Crippen LogP contribution in [-0.2, 0) is 19.4 Å². The number of carbonyl (C=O) groups is 1. The van der Waals surface area contributed by atoms with Crippen LogP contribution in [0.2, 0.25) is 0 Å². The second-order valence-corrected chi connectivity index (χ2v) is 7.97. The molecule has 1 aromatic carbocycles. The Labute approximate surface area is 137 Å². The van der Waals surface area contributed by atoms with Crippen LogP contribution in [-0.4, -0.2) is 63.6 Å². The second-order valence-electron chi connectivity index (χ2n) is 5.74. The molecule has 0 radical (unpaired) electrons. The highest BCUT2D eigenvalue weighted by molar-refractivity contribution is 7.91. The minimum Gasteiger partial charge on any atom is -0.484 e. The first-order chi connectivity index (χ1) is 10.9. The molecule has 0 aromatic heterocycles. The van der Waals surface area contributed by atoms with Gasteiger partial charge in [-0.15, -0.1) is 0 Å². The molecule has 1 aliphatic heterocycles. The molecule has 0 bridgehead atoms. The van der Waals surface area contributed by atoms with E-state index in [9.17, 15) is 13.2 Å². The summed E-state index contributed by atoms with van der Waals surface area (Å²) in [4.78, 5) is 14.0. The fraction of sp³-hybridized carbons (Fsp3) is 0.562. The van der Waals surface area contributed by atoms with Gasteiger partial charge in [0.2, 0.25) is 0 Å². The van der Waals surface area contributed by atoms with E-state index in [2.05, 4.69) is 0 Å². The molecule has 1 fully saturated rings. The van der Waals surface area contributed by atoms with Gasteiger partial charge < -0.3 is 14.4 Å². The van der Waals surface area contributed by atoms with Crippen LogP contribution in [0.3, 0.4) is 0 Å². The van der Waals surface area contributed by atoms with Crippen molar-refractivity contribution in [1.82, 2.24) is 4.90 Å². The summed E-state index contributed by atoms with van der Waals surface area (Å²) in [5.74, 6) is 0.565. The Kier molecular flexibility index (Phi) is 6.01. The first-order valence-corrected chi connectivity index (χ1v) is 9.42. The number of hydrogen-bond donors (Lipinski definition) is 0. The fourth-order valence-electron chi connectivity index (χ4n) is 2.65. The molecular weight excluding hydrogens is 318 g/mol. The van der Waals surface area contributed by atoms with E-state index < -0.39 is 9.84 Å². The van der Waals surface area contributed by atoms with Crippen LogP contribution in [0.4, 0.5) is 0 Å². The van der Waals surface area contributed by atoms with E-state index >= 15 is 0 Å². The molecule has 128 valence electrons. The van der Waals surface area contributed by atoms with Gasteiger partial charge in [0.1, 0.15) is 5.75 Å². The molecule has 7 heteroatoms. The summed E-state index contributed by atoms with van der Waals surface area (Å²) in [6, 6.07) is 7.17. The van der Waals surface area contributed by atoms with E-state index in [4.69, 9.17) is 9.47 Å². The maximum absolute atomic E-state index is 12.5. The molecule has 2 rings (SSSR count). The average molecular weight is 341 g/mol. The van der Waals surface area contributed by atoms with Gasteiger partial charge in [0, 0.05) is 19.7 Å². The van der Waals surface area contributed by atoms with Crippen LogP contribution in [0.1, 0.15) is 12.0 Å². The first-order valence-electron chi connectivity index (χ1n) is 7.59. The third kappa shape index (κ3) is 5.21. The molecule has 0 aliphatic carbocycles. The predicted octanol–water partition coefficient (Wildman–Crippen LogP) is 1.04. The smallest absolute Gasteiger partial charge is 0.260 e. The maximum atomic E-state index is 12.5. The number of amides is 1. The lowest BCUT2D eigenvalue weighted by Gasteiger charge is -2.28. The van der Waals surface area contributed by atoms with Crippen molar-refractivity contribution in [3.8, 4) is 5.75 Å². The van der Waals surface area contributed by atoms with Gasteiger partial charge in [-0.25, -0.2) is 8.42 Å². The lowest BCUT2D eigenvalue weighted by atomic mass is 10.2. The van der Waals surface area contributed by atoms with Gasteiger partial charge in [-0.1, -0.05) is 12.1 Å². The standard InChI is InChI=1S/C16H23NO5S/c1-13-4-3-5-15(10-13)22-11-16(18)17(7-8-21-2)14-6-9-23(19,20)12-14/h3-5,10,14H,6-9,11-12H2,1-2H3. The highest BCUT2D eigenvalue weighted by atomic mass is 32.2. The van der Waals surface area contributed by atoms with Crippen LogP contribution in [0, 0.1) is 6.92 Å².